The summed E-state index contributed by atoms with van der Waals surface area (Å²) in [5.41, 5.74) is 1.46. The lowest BCUT2D eigenvalue weighted by atomic mass is 10.1. The number of methoxy groups -OCH3 is 2. The summed E-state index contributed by atoms with van der Waals surface area (Å²) in [5, 5.41) is 7.54. The molecule has 1 amide bonds. The van der Waals surface area contributed by atoms with E-state index < -0.39 is 11.9 Å². The van der Waals surface area contributed by atoms with Gasteiger partial charge in [0.2, 0.25) is 5.91 Å². The SMILES string of the molecule is CC[C@H](C(=O)Nc1cc(Cl)c(OC)cc1OC)n1nc(-c2ccccc2)ccc1=O. The number of aromatic nitrogens is 2. The first kappa shape index (κ1) is 21.4. The molecular formula is C22H22ClN3O4. The Morgan fingerprint density at radius 3 is 2.43 bits per heavy atom. The molecule has 0 bridgehead atoms. The number of carbonyl (C=O) groups excluding carboxylic acids is 1. The monoisotopic (exact) mass is 427 g/mol. The molecule has 8 heteroatoms. The number of ether oxygens (including phenoxy) is 2. The molecule has 0 unspecified atom stereocenters. The van der Waals surface area contributed by atoms with Gasteiger partial charge in [0.25, 0.3) is 5.56 Å². The number of amides is 1. The van der Waals surface area contributed by atoms with E-state index in [1.54, 1.807) is 18.2 Å². The van der Waals surface area contributed by atoms with Gasteiger partial charge in [-0.15, -0.1) is 0 Å². The Kier molecular flexibility index (Phi) is 6.74. The summed E-state index contributed by atoms with van der Waals surface area (Å²) in [5.74, 6) is 0.404. The molecule has 7 nitrogen and oxygen atoms in total. The predicted octanol–water partition coefficient (Wildman–Crippen LogP) is 4.17. The fourth-order valence-corrected chi connectivity index (χ4v) is 3.30. The number of nitrogens with one attached hydrogen (secondary N) is 1. The van der Waals surface area contributed by atoms with Crippen LogP contribution in [0.15, 0.2) is 59.4 Å². The van der Waals surface area contributed by atoms with E-state index in [9.17, 15) is 9.59 Å². The highest BCUT2D eigenvalue weighted by molar-refractivity contribution is 6.32. The number of anilines is 1. The third-order valence-electron chi connectivity index (χ3n) is 4.61. The molecule has 1 aromatic heterocycles. The predicted molar refractivity (Wildman–Crippen MR) is 116 cm³/mol. The van der Waals surface area contributed by atoms with E-state index in [0.29, 0.717) is 34.3 Å². The summed E-state index contributed by atoms with van der Waals surface area (Å²) in [7, 11) is 2.97. The van der Waals surface area contributed by atoms with Crippen LogP contribution in [0.25, 0.3) is 11.3 Å². The average Bonchev–Trinajstić information content (AvgIpc) is 2.76. The van der Waals surface area contributed by atoms with Crippen LogP contribution in [0.5, 0.6) is 11.5 Å². The fourth-order valence-electron chi connectivity index (χ4n) is 3.05. The first-order valence-electron chi connectivity index (χ1n) is 9.36. The van der Waals surface area contributed by atoms with Crippen molar-refractivity contribution in [2.45, 2.75) is 19.4 Å². The number of nitrogens with zero attached hydrogens (tertiary/aromatic N) is 2. The number of halogens is 1. The molecule has 1 atom stereocenters. The van der Waals surface area contributed by atoms with Gasteiger partial charge in [-0.1, -0.05) is 48.9 Å². The van der Waals surface area contributed by atoms with Gasteiger partial charge in [0.05, 0.1) is 30.6 Å². The second-order valence-electron chi connectivity index (χ2n) is 6.47. The second-order valence-corrected chi connectivity index (χ2v) is 6.87. The van der Waals surface area contributed by atoms with Crippen LogP contribution in [0, 0.1) is 0 Å². The molecule has 0 radical (unpaired) electrons. The first-order valence-corrected chi connectivity index (χ1v) is 9.74. The van der Waals surface area contributed by atoms with Crippen molar-refractivity contribution in [1.29, 1.82) is 0 Å². The van der Waals surface area contributed by atoms with Gasteiger partial charge >= 0.3 is 0 Å². The van der Waals surface area contributed by atoms with Crippen LogP contribution in [0.1, 0.15) is 19.4 Å². The Balaban J connectivity index is 1.94. The number of carbonyl (C=O) groups is 1. The molecule has 0 saturated carbocycles. The lowest BCUT2D eigenvalue weighted by Crippen LogP contribution is -2.34. The van der Waals surface area contributed by atoms with Crippen molar-refractivity contribution in [1.82, 2.24) is 9.78 Å². The Morgan fingerprint density at radius 2 is 1.80 bits per heavy atom. The van der Waals surface area contributed by atoms with Crippen molar-refractivity contribution in [3.05, 3.63) is 70.0 Å². The number of hydrogen-bond acceptors (Lipinski definition) is 5. The van der Waals surface area contributed by atoms with Gasteiger partial charge < -0.3 is 14.8 Å². The van der Waals surface area contributed by atoms with Crippen molar-refractivity contribution < 1.29 is 14.3 Å². The van der Waals surface area contributed by atoms with Crippen LogP contribution >= 0.6 is 11.6 Å². The van der Waals surface area contributed by atoms with Crippen LogP contribution in [-0.4, -0.2) is 29.9 Å². The largest absolute Gasteiger partial charge is 0.495 e. The van der Waals surface area contributed by atoms with Crippen molar-refractivity contribution in [3.8, 4) is 22.8 Å². The highest BCUT2D eigenvalue weighted by Gasteiger charge is 2.23. The molecule has 0 spiro atoms. The molecule has 2 aromatic carbocycles. The van der Waals surface area contributed by atoms with E-state index in [0.717, 1.165) is 5.56 Å². The molecule has 3 rings (SSSR count). The van der Waals surface area contributed by atoms with Crippen LogP contribution in [0.2, 0.25) is 5.02 Å². The maximum absolute atomic E-state index is 13.0. The normalized spacial score (nSPS) is 11.6. The molecule has 0 aliphatic rings. The molecule has 0 aliphatic heterocycles. The fraction of sp³-hybridized carbons (Fsp3) is 0.227. The van der Waals surface area contributed by atoms with E-state index in [2.05, 4.69) is 10.4 Å². The van der Waals surface area contributed by atoms with Gasteiger partial charge in [-0.25, -0.2) is 4.68 Å². The molecule has 3 aromatic rings. The smallest absolute Gasteiger partial charge is 0.267 e. The van der Waals surface area contributed by atoms with E-state index in [4.69, 9.17) is 21.1 Å². The molecule has 0 saturated heterocycles. The first-order chi connectivity index (χ1) is 14.5. The summed E-state index contributed by atoms with van der Waals surface area (Å²) in [6, 6.07) is 14.8. The topological polar surface area (TPSA) is 82.4 Å². The zero-order valence-corrected chi connectivity index (χ0v) is 17.6. The van der Waals surface area contributed by atoms with E-state index in [1.165, 1.54) is 25.0 Å². The number of hydrogen-bond donors (Lipinski definition) is 1. The van der Waals surface area contributed by atoms with Gasteiger partial charge in [0.1, 0.15) is 17.5 Å². The van der Waals surface area contributed by atoms with E-state index >= 15 is 0 Å². The second kappa shape index (κ2) is 9.45. The van der Waals surface area contributed by atoms with Crippen molar-refractivity contribution >= 4 is 23.2 Å². The maximum Gasteiger partial charge on any atom is 0.267 e. The summed E-state index contributed by atoms with van der Waals surface area (Å²) < 4.78 is 11.7. The minimum Gasteiger partial charge on any atom is -0.495 e. The van der Waals surface area contributed by atoms with Gasteiger partial charge in [-0.2, -0.15) is 5.10 Å². The zero-order chi connectivity index (χ0) is 21.7. The number of benzene rings is 2. The van der Waals surface area contributed by atoms with Gasteiger partial charge in [0.15, 0.2) is 0 Å². The summed E-state index contributed by atoms with van der Waals surface area (Å²) >= 11 is 6.19. The van der Waals surface area contributed by atoms with Crippen LogP contribution in [0.3, 0.4) is 0 Å². The van der Waals surface area contributed by atoms with Crippen molar-refractivity contribution in [2.24, 2.45) is 0 Å². The molecule has 1 heterocycles. The third-order valence-corrected chi connectivity index (χ3v) is 4.91. The third kappa shape index (κ3) is 4.46. The minimum atomic E-state index is -0.813. The molecular weight excluding hydrogens is 406 g/mol. The van der Waals surface area contributed by atoms with E-state index in [-0.39, 0.29) is 5.56 Å². The van der Waals surface area contributed by atoms with Gasteiger partial charge in [-0.05, 0) is 18.6 Å². The lowest BCUT2D eigenvalue weighted by molar-refractivity contribution is -0.119. The summed E-state index contributed by atoms with van der Waals surface area (Å²) in [6.45, 7) is 1.81. The number of rotatable bonds is 7. The van der Waals surface area contributed by atoms with Gasteiger partial charge in [0, 0.05) is 17.7 Å². The molecule has 0 aliphatic carbocycles. The standard InChI is InChI=1S/C22H22ClN3O4/c1-4-18(22(28)24-17-12-15(23)19(29-2)13-20(17)30-3)26-21(27)11-10-16(25-26)14-8-6-5-7-9-14/h5-13,18H,4H2,1-3H3,(H,24,28)/t18-/m1/s1. The maximum atomic E-state index is 13.0. The van der Waals surface area contributed by atoms with Gasteiger partial charge in [-0.3, -0.25) is 9.59 Å². The average molecular weight is 428 g/mol. The zero-order valence-electron chi connectivity index (χ0n) is 16.9. The molecule has 30 heavy (non-hydrogen) atoms. The van der Waals surface area contributed by atoms with E-state index in [1.807, 2.05) is 37.3 Å². The Hall–Kier alpha value is -3.32. The minimum absolute atomic E-state index is 0.322. The quantitative estimate of drug-likeness (QED) is 0.611. The molecule has 0 fully saturated rings. The lowest BCUT2D eigenvalue weighted by Gasteiger charge is -2.19. The molecule has 1 N–H and O–H groups in total. The van der Waals surface area contributed by atoms with Crippen LogP contribution in [0.4, 0.5) is 5.69 Å². The Bertz CT molecular complexity index is 1100. The van der Waals surface area contributed by atoms with Crippen molar-refractivity contribution in [3.63, 3.8) is 0 Å². The highest BCUT2D eigenvalue weighted by atomic mass is 35.5. The van der Waals surface area contributed by atoms with Crippen LogP contribution in [-0.2, 0) is 4.79 Å². The van der Waals surface area contributed by atoms with Crippen LogP contribution < -0.4 is 20.3 Å². The molecule has 156 valence electrons. The Morgan fingerprint density at radius 1 is 1.10 bits per heavy atom. The summed E-state index contributed by atoms with van der Waals surface area (Å²) in [4.78, 5) is 25.5. The highest BCUT2D eigenvalue weighted by Crippen LogP contribution is 2.36. The Labute approximate surface area is 179 Å². The van der Waals surface area contributed by atoms with Crippen molar-refractivity contribution in [2.75, 3.05) is 19.5 Å². The summed E-state index contributed by atoms with van der Waals surface area (Å²) in [6.07, 6.45) is 0.364.